The highest BCUT2D eigenvalue weighted by Gasteiger charge is 2.27. The molecule has 5 rings (SSSR count). The summed E-state index contributed by atoms with van der Waals surface area (Å²) in [6, 6.07) is 6.32. The molecule has 0 bridgehead atoms. The Balaban J connectivity index is 1.22. The molecule has 0 radical (unpaired) electrons. The van der Waals surface area contributed by atoms with Crippen LogP contribution in [0.5, 0.6) is 5.75 Å². The van der Waals surface area contributed by atoms with Crippen LogP contribution in [0.1, 0.15) is 38.5 Å². The van der Waals surface area contributed by atoms with Gasteiger partial charge in [-0.3, -0.25) is 4.98 Å². The molecule has 14 heteroatoms. The summed E-state index contributed by atoms with van der Waals surface area (Å²) >= 11 is 0. The number of nitrogens with zero attached hydrogens (tertiary/aromatic N) is 5. The second-order valence-corrected chi connectivity index (χ2v) is 13.2. The first-order valence-electron chi connectivity index (χ1n) is 14.9. The zero-order chi connectivity index (χ0) is 29.5. The van der Waals surface area contributed by atoms with E-state index in [1.54, 1.807) is 17.7 Å². The van der Waals surface area contributed by atoms with Crippen LogP contribution in [0, 0.1) is 0 Å². The highest BCUT2D eigenvalue weighted by molar-refractivity contribution is 7.89. The summed E-state index contributed by atoms with van der Waals surface area (Å²) in [4.78, 5) is 19.9. The molecule has 0 unspecified atom stereocenters. The highest BCUT2D eigenvalue weighted by Crippen LogP contribution is 2.33. The number of sulfonamides is 1. The van der Waals surface area contributed by atoms with Gasteiger partial charge in [0.05, 0.1) is 25.2 Å². The number of aromatic nitrogens is 4. The third-order valence-electron chi connectivity index (χ3n) is 8.13. The van der Waals surface area contributed by atoms with Gasteiger partial charge in [0.25, 0.3) is 0 Å². The molecule has 3 heterocycles. The smallest absolute Gasteiger partial charge is 0.307 e. The van der Waals surface area contributed by atoms with Gasteiger partial charge in [0.2, 0.25) is 15.5 Å². The number of imidazole rings is 1. The summed E-state index contributed by atoms with van der Waals surface area (Å²) in [5, 5.41) is 16.0. The van der Waals surface area contributed by atoms with Crippen LogP contribution in [0.4, 0.5) is 23.1 Å². The largest absolute Gasteiger partial charge is 0.494 e. The van der Waals surface area contributed by atoms with Crippen molar-refractivity contribution in [2.75, 3.05) is 81.3 Å². The van der Waals surface area contributed by atoms with Gasteiger partial charge >= 0.3 is 11.6 Å². The van der Waals surface area contributed by atoms with Crippen molar-refractivity contribution < 1.29 is 23.2 Å². The predicted molar refractivity (Wildman–Crippen MR) is 164 cm³/mol. The van der Waals surface area contributed by atoms with Gasteiger partial charge in [-0.05, 0) is 45.0 Å². The van der Waals surface area contributed by atoms with E-state index in [0.29, 0.717) is 69.1 Å². The number of ether oxygens (including phenoxy) is 1. The normalized spacial score (nSPS) is 17.2. The molecule has 1 aliphatic heterocycles. The molecule has 5 N–H and O–H groups in total. The van der Waals surface area contributed by atoms with Crippen LogP contribution in [0.15, 0.2) is 24.5 Å². The lowest BCUT2D eigenvalue weighted by atomic mass is 9.95. The van der Waals surface area contributed by atoms with Crippen LogP contribution in [0.3, 0.4) is 0 Å². The number of fused-ring (bicyclic) bond motifs is 1. The number of H-pyrrole nitrogens is 2. The molecule has 1 aromatic carbocycles. The molecular formula is C28H44N9O4S+. The Hall–Kier alpha value is -3.20. The number of anilines is 4. The number of hydrogen-bond acceptors (Lipinski definition) is 10. The Morgan fingerprint density at radius 1 is 1.14 bits per heavy atom. The molecule has 230 valence electrons. The molecule has 2 fully saturated rings. The van der Waals surface area contributed by atoms with Crippen molar-refractivity contribution in [3.63, 3.8) is 0 Å². The molecule has 42 heavy (non-hydrogen) atoms. The number of nitrogens with one attached hydrogen (secondary N) is 4. The zero-order valence-electron chi connectivity index (χ0n) is 24.6. The third-order valence-corrected chi connectivity index (χ3v) is 10.1. The maximum Gasteiger partial charge on any atom is 0.307 e. The quantitative estimate of drug-likeness (QED) is 0.229. The Morgan fingerprint density at radius 3 is 2.67 bits per heavy atom. The standard InChI is InChI=1S/C28H43N9O4S/c1-35(16-17-38)11-6-18-42(39,40)37-14-12-36(13-15-37)22-9-10-23(24(19-22)41-2)32-28-33-26-25(29-20-30-26)27(34-28)31-21-7-4-3-5-8-21/h9-10,19-21,38H,3-8,11-18H2,1-2H3,(H3,29,30,31,32,33,34)/p+1. The number of piperazine rings is 1. The summed E-state index contributed by atoms with van der Waals surface area (Å²) in [6.07, 6.45) is 8.32. The summed E-state index contributed by atoms with van der Waals surface area (Å²) < 4.78 is 33.1. The van der Waals surface area contributed by atoms with Gasteiger partial charge in [0.1, 0.15) is 5.75 Å². The minimum absolute atomic E-state index is 0.0711. The number of aliphatic hydroxyl groups excluding tert-OH is 1. The number of aromatic amines is 2. The summed E-state index contributed by atoms with van der Waals surface area (Å²) in [6.45, 7) is 3.33. The second-order valence-electron chi connectivity index (χ2n) is 11.1. The van der Waals surface area contributed by atoms with Gasteiger partial charge in [-0.1, -0.05) is 24.2 Å². The van der Waals surface area contributed by atoms with Crippen molar-refractivity contribution in [2.45, 2.75) is 44.6 Å². The Labute approximate surface area is 247 Å². The number of benzene rings is 1. The maximum atomic E-state index is 12.9. The van der Waals surface area contributed by atoms with E-state index in [2.05, 4.69) is 30.5 Å². The van der Waals surface area contributed by atoms with Crippen LogP contribution in [0.25, 0.3) is 11.2 Å². The molecule has 1 saturated carbocycles. The lowest BCUT2D eigenvalue weighted by Crippen LogP contribution is -2.49. The Kier molecular flexibility index (Phi) is 9.98. The minimum Gasteiger partial charge on any atom is -0.494 e. The molecule has 3 aromatic rings. The van der Waals surface area contributed by atoms with E-state index in [0.717, 1.165) is 35.6 Å². The SMILES string of the molecule is COc1cc(N2CCN(S(=O)(=O)CCCN(C)CCO)CC2)ccc1Nc1nc(NC2CCCCC2)c2[nH]c[nH+]c2n1. The Bertz CT molecular complexity index is 1420. The van der Waals surface area contributed by atoms with Crippen LogP contribution >= 0.6 is 0 Å². The molecule has 0 amide bonds. The van der Waals surface area contributed by atoms with E-state index in [9.17, 15) is 8.42 Å². The molecule has 2 aliphatic rings. The van der Waals surface area contributed by atoms with Crippen molar-refractivity contribution in [2.24, 2.45) is 0 Å². The van der Waals surface area contributed by atoms with E-state index >= 15 is 0 Å². The van der Waals surface area contributed by atoms with Crippen LogP contribution in [-0.4, -0.2) is 110 Å². The van der Waals surface area contributed by atoms with E-state index in [-0.39, 0.29) is 12.4 Å². The zero-order valence-corrected chi connectivity index (χ0v) is 25.4. The Morgan fingerprint density at radius 2 is 1.93 bits per heavy atom. The lowest BCUT2D eigenvalue weighted by Gasteiger charge is -2.35. The van der Waals surface area contributed by atoms with Gasteiger partial charge in [-0.2, -0.15) is 9.29 Å². The summed E-state index contributed by atoms with van der Waals surface area (Å²) in [5.41, 5.74) is 3.28. The minimum atomic E-state index is -3.32. The molecule has 0 spiro atoms. The molecule has 13 nitrogen and oxygen atoms in total. The van der Waals surface area contributed by atoms with Crippen molar-refractivity contribution in [1.82, 2.24) is 24.2 Å². The van der Waals surface area contributed by atoms with Crippen molar-refractivity contribution in [1.29, 1.82) is 0 Å². The number of rotatable bonds is 13. The number of likely N-dealkylation sites (N-methyl/N-ethyl adjacent to an activating group) is 1. The van der Waals surface area contributed by atoms with Crippen LogP contribution in [0.2, 0.25) is 0 Å². The molecule has 1 saturated heterocycles. The van der Waals surface area contributed by atoms with Gasteiger partial charge < -0.3 is 30.3 Å². The predicted octanol–water partition coefficient (Wildman–Crippen LogP) is 2.03. The van der Waals surface area contributed by atoms with Crippen molar-refractivity contribution in [3.05, 3.63) is 24.5 Å². The molecule has 1 aliphatic carbocycles. The first-order chi connectivity index (χ1) is 20.4. The highest BCUT2D eigenvalue weighted by atomic mass is 32.2. The molecular weight excluding hydrogens is 558 g/mol. The van der Waals surface area contributed by atoms with E-state index in [1.807, 2.05) is 30.1 Å². The molecule has 0 atom stereocenters. The van der Waals surface area contributed by atoms with Crippen LogP contribution in [-0.2, 0) is 10.0 Å². The maximum absolute atomic E-state index is 12.9. The first kappa shape index (κ1) is 30.3. The van der Waals surface area contributed by atoms with E-state index in [1.165, 1.54) is 19.3 Å². The second kappa shape index (κ2) is 13.8. The monoisotopic (exact) mass is 602 g/mol. The average Bonchev–Trinajstić information content (AvgIpc) is 3.47. The summed E-state index contributed by atoms with van der Waals surface area (Å²) in [5.74, 6) is 2.00. The van der Waals surface area contributed by atoms with E-state index in [4.69, 9.17) is 14.8 Å². The average molecular weight is 603 g/mol. The lowest BCUT2D eigenvalue weighted by molar-refractivity contribution is -0.347. The fourth-order valence-electron chi connectivity index (χ4n) is 5.73. The van der Waals surface area contributed by atoms with E-state index < -0.39 is 10.0 Å². The number of aliphatic hydroxyl groups is 1. The fourth-order valence-corrected chi connectivity index (χ4v) is 7.20. The van der Waals surface area contributed by atoms with Gasteiger partial charge in [0.15, 0.2) is 12.1 Å². The fraction of sp³-hybridized carbons (Fsp3) is 0.607. The van der Waals surface area contributed by atoms with Gasteiger partial charge in [0, 0.05) is 50.5 Å². The third kappa shape index (κ3) is 7.41. The first-order valence-corrected chi connectivity index (χ1v) is 16.5. The summed E-state index contributed by atoms with van der Waals surface area (Å²) in [7, 11) is 0.197. The van der Waals surface area contributed by atoms with Crippen LogP contribution < -0.4 is 25.3 Å². The number of methoxy groups -OCH3 is 1. The topological polar surface area (TPSA) is 153 Å². The van der Waals surface area contributed by atoms with Crippen molar-refractivity contribution >= 4 is 44.3 Å². The van der Waals surface area contributed by atoms with Crippen molar-refractivity contribution in [3.8, 4) is 5.75 Å². The molecule has 2 aromatic heterocycles. The van der Waals surface area contributed by atoms with Gasteiger partial charge in [-0.15, -0.1) is 0 Å². The number of hydrogen-bond donors (Lipinski definition) is 4. The van der Waals surface area contributed by atoms with Gasteiger partial charge in [-0.25, -0.2) is 13.4 Å².